The topological polar surface area (TPSA) is 17.1 Å². The van der Waals surface area contributed by atoms with Crippen molar-refractivity contribution in [2.75, 3.05) is 0 Å². The SMILES string of the molecule is O=C1C2C=CC=CC1C1C(Cl)=C(Cl)C(Cl)=C(Cl)C21. The van der Waals surface area contributed by atoms with Crippen LogP contribution in [0.3, 0.4) is 0 Å². The predicted molar refractivity (Wildman–Crippen MR) is 74.7 cm³/mol. The van der Waals surface area contributed by atoms with Crippen LogP contribution >= 0.6 is 46.4 Å². The van der Waals surface area contributed by atoms with Crippen molar-refractivity contribution >= 4 is 52.2 Å². The highest BCUT2D eigenvalue weighted by Crippen LogP contribution is 2.56. The van der Waals surface area contributed by atoms with Crippen molar-refractivity contribution in [3.8, 4) is 0 Å². The van der Waals surface area contributed by atoms with Gasteiger partial charge in [0.1, 0.15) is 5.78 Å². The molecule has 1 fully saturated rings. The van der Waals surface area contributed by atoms with Gasteiger partial charge >= 0.3 is 0 Å². The van der Waals surface area contributed by atoms with Crippen LogP contribution in [0, 0.1) is 23.7 Å². The van der Waals surface area contributed by atoms with E-state index in [1.54, 1.807) is 0 Å². The van der Waals surface area contributed by atoms with E-state index in [2.05, 4.69) is 0 Å². The van der Waals surface area contributed by atoms with Crippen LogP contribution in [0.1, 0.15) is 0 Å². The van der Waals surface area contributed by atoms with E-state index >= 15 is 0 Å². The fraction of sp³-hybridized carbons (Fsp3) is 0.308. The average Bonchev–Trinajstić information content (AvgIpc) is 2.46. The number of hydrogen-bond acceptors (Lipinski definition) is 1. The predicted octanol–water partition coefficient (Wildman–Crippen LogP) is 4.55. The van der Waals surface area contributed by atoms with E-state index in [1.807, 2.05) is 24.3 Å². The first-order valence-electron chi connectivity index (χ1n) is 5.53. The summed E-state index contributed by atoms with van der Waals surface area (Å²) in [5, 5.41) is 1.41. The van der Waals surface area contributed by atoms with E-state index in [0.29, 0.717) is 10.1 Å². The number of carbonyl (C=O) groups excluding carboxylic acids is 1. The Labute approximate surface area is 125 Å². The molecule has 0 N–H and O–H groups in total. The highest BCUT2D eigenvalue weighted by Gasteiger charge is 2.53. The third-order valence-electron chi connectivity index (χ3n) is 3.76. The summed E-state index contributed by atoms with van der Waals surface area (Å²) in [6.07, 6.45) is 7.45. The van der Waals surface area contributed by atoms with E-state index in [-0.39, 0.29) is 39.5 Å². The molecule has 2 bridgehead atoms. The second-order valence-corrected chi connectivity index (χ2v) is 6.17. The lowest BCUT2D eigenvalue weighted by atomic mass is 9.82. The first-order chi connectivity index (χ1) is 8.54. The number of Topliss-reactive ketones (excluding diaryl/α,β-unsaturated/α-hetero) is 1. The molecule has 0 spiro atoms. The maximum Gasteiger partial charge on any atom is 0.147 e. The van der Waals surface area contributed by atoms with Crippen LogP contribution in [-0.2, 0) is 4.79 Å². The van der Waals surface area contributed by atoms with Crippen molar-refractivity contribution < 1.29 is 4.79 Å². The van der Waals surface area contributed by atoms with Gasteiger partial charge in [-0.05, 0) is 0 Å². The highest BCUT2D eigenvalue weighted by atomic mass is 35.5. The minimum atomic E-state index is -0.269. The molecule has 1 nitrogen and oxygen atoms in total. The minimum absolute atomic E-state index is 0.127. The molecule has 94 valence electrons. The normalized spacial score (nSPS) is 38.3. The molecule has 0 aromatic carbocycles. The Morgan fingerprint density at radius 3 is 1.56 bits per heavy atom. The lowest BCUT2D eigenvalue weighted by Gasteiger charge is -2.29. The molecule has 0 saturated heterocycles. The van der Waals surface area contributed by atoms with E-state index in [1.165, 1.54) is 0 Å². The Balaban J connectivity index is 2.20. The summed E-state index contributed by atoms with van der Waals surface area (Å²) in [5.74, 6) is -0.785. The lowest BCUT2D eigenvalue weighted by molar-refractivity contribution is -0.121. The third-order valence-corrected chi connectivity index (χ3v) is 5.72. The molecule has 3 aliphatic rings. The Morgan fingerprint density at radius 2 is 1.17 bits per heavy atom. The summed E-state index contributed by atoms with van der Waals surface area (Å²) in [5.41, 5.74) is 0. The maximum absolute atomic E-state index is 12.3. The first kappa shape index (κ1) is 12.8. The minimum Gasteiger partial charge on any atom is -0.298 e. The number of rotatable bonds is 0. The third kappa shape index (κ3) is 1.58. The zero-order valence-corrected chi connectivity index (χ0v) is 12.1. The van der Waals surface area contributed by atoms with Gasteiger partial charge in [0, 0.05) is 33.7 Å². The smallest absolute Gasteiger partial charge is 0.147 e. The number of hydrogen-bond donors (Lipinski definition) is 0. The summed E-state index contributed by atoms with van der Waals surface area (Å²) >= 11 is 24.7. The number of ketones is 1. The molecular formula is C13H8Cl4O. The van der Waals surface area contributed by atoms with Gasteiger partial charge in [-0.15, -0.1) is 0 Å². The quantitative estimate of drug-likeness (QED) is 0.639. The molecule has 3 aliphatic carbocycles. The molecule has 0 radical (unpaired) electrons. The van der Waals surface area contributed by atoms with Gasteiger partial charge < -0.3 is 0 Å². The fourth-order valence-electron chi connectivity index (χ4n) is 2.95. The molecular weight excluding hydrogens is 314 g/mol. The molecule has 3 rings (SSSR count). The van der Waals surface area contributed by atoms with Gasteiger partial charge in [0.2, 0.25) is 0 Å². The van der Waals surface area contributed by atoms with Crippen LogP contribution in [0.15, 0.2) is 44.4 Å². The van der Waals surface area contributed by atoms with Crippen LogP contribution in [0.2, 0.25) is 0 Å². The average molecular weight is 322 g/mol. The molecule has 4 atom stereocenters. The van der Waals surface area contributed by atoms with Crippen molar-refractivity contribution in [2.45, 2.75) is 0 Å². The van der Waals surface area contributed by atoms with Gasteiger partial charge in [-0.2, -0.15) is 0 Å². The Hall–Kier alpha value is -0.210. The van der Waals surface area contributed by atoms with E-state index < -0.39 is 0 Å². The van der Waals surface area contributed by atoms with Gasteiger partial charge in [0.25, 0.3) is 0 Å². The first-order valence-corrected chi connectivity index (χ1v) is 7.04. The zero-order chi connectivity index (χ0) is 13.0. The van der Waals surface area contributed by atoms with Crippen LogP contribution in [0.4, 0.5) is 0 Å². The second-order valence-electron chi connectivity index (χ2n) is 4.60. The summed E-state index contributed by atoms with van der Waals surface area (Å²) < 4.78 is 0. The Kier molecular flexibility index (Phi) is 3.14. The van der Waals surface area contributed by atoms with Crippen LogP contribution in [-0.4, -0.2) is 5.78 Å². The molecule has 0 amide bonds. The van der Waals surface area contributed by atoms with Gasteiger partial charge in [0.15, 0.2) is 0 Å². The van der Waals surface area contributed by atoms with E-state index in [9.17, 15) is 4.79 Å². The number of allylic oxidation sites excluding steroid dienone is 8. The number of fused-ring (bicyclic) bond motifs is 5. The molecule has 0 aromatic rings. The van der Waals surface area contributed by atoms with Gasteiger partial charge in [-0.1, -0.05) is 70.7 Å². The maximum atomic E-state index is 12.3. The van der Waals surface area contributed by atoms with Crippen molar-refractivity contribution in [3.05, 3.63) is 44.4 Å². The van der Waals surface area contributed by atoms with Gasteiger partial charge in [0.05, 0.1) is 10.1 Å². The number of carbonyl (C=O) groups is 1. The van der Waals surface area contributed by atoms with Gasteiger partial charge in [-0.3, -0.25) is 4.79 Å². The number of halogens is 4. The van der Waals surface area contributed by atoms with Crippen LogP contribution < -0.4 is 0 Å². The standard InChI is InChI=1S/C13H8Cl4O/c14-9-7-5-3-1-2-4-6(13(5)18)8(7)10(15)12(17)11(9)16/h1-8H. The van der Waals surface area contributed by atoms with E-state index in [4.69, 9.17) is 46.4 Å². The molecule has 5 heteroatoms. The summed E-state index contributed by atoms with van der Waals surface area (Å²) in [4.78, 5) is 12.3. The largest absolute Gasteiger partial charge is 0.298 e. The fourth-order valence-corrected chi connectivity index (χ4v) is 4.24. The second kappa shape index (κ2) is 4.42. The molecule has 0 aliphatic heterocycles. The lowest BCUT2D eigenvalue weighted by Crippen LogP contribution is -2.22. The van der Waals surface area contributed by atoms with Crippen molar-refractivity contribution in [1.82, 2.24) is 0 Å². The Bertz CT molecular complexity index is 507. The summed E-state index contributed by atoms with van der Waals surface area (Å²) in [7, 11) is 0. The van der Waals surface area contributed by atoms with E-state index in [0.717, 1.165) is 0 Å². The van der Waals surface area contributed by atoms with Crippen LogP contribution in [0.5, 0.6) is 0 Å². The zero-order valence-electron chi connectivity index (χ0n) is 9.04. The van der Waals surface area contributed by atoms with Crippen molar-refractivity contribution in [3.63, 3.8) is 0 Å². The van der Waals surface area contributed by atoms with Crippen molar-refractivity contribution in [2.24, 2.45) is 23.7 Å². The molecule has 18 heavy (non-hydrogen) atoms. The summed E-state index contributed by atoms with van der Waals surface area (Å²) in [6, 6.07) is 0. The molecule has 1 saturated carbocycles. The molecule has 0 aromatic heterocycles. The van der Waals surface area contributed by atoms with Gasteiger partial charge in [-0.25, -0.2) is 0 Å². The van der Waals surface area contributed by atoms with Crippen molar-refractivity contribution in [1.29, 1.82) is 0 Å². The van der Waals surface area contributed by atoms with Crippen LogP contribution in [0.25, 0.3) is 0 Å². The summed E-state index contributed by atoms with van der Waals surface area (Å²) in [6.45, 7) is 0. The monoisotopic (exact) mass is 320 g/mol. The Morgan fingerprint density at radius 1 is 0.778 bits per heavy atom. The molecule has 0 heterocycles. The highest BCUT2D eigenvalue weighted by molar-refractivity contribution is 6.51. The molecule has 4 unspecified atom stereocenters.